The molecule has 0 aliphatic heterocycles. The molecular weight excluding hydrogens is 210 g/mol. The summed E-state index contributed by atoms with van der Waals surface area (Å²) in [6.07, 6.45) is 3.50. The monoisotopic (exact) mass is 219 g/mol. The molecule has 4 heteroatoms. The molecule has 1 aromatic carbocycles. The smallest absolute Gasteiger partial charge is 0.0706 e. The molecule has 0 atom stereocenters. The van der Waals surface area contributed by atoms with Gasteiger partial charge in [-0.1, -0.05) is 23.7 Å². The summed E-state index contributed by atoms with van der Waals surface area (Å²) in [6.45, 7) is 0. The van der Waals surface area contributed by atoms with Gasteiger partial charge in [0, 0.05) is 6.20 Å². The molecule has 2 N–H and O–H groups in total. The van der Waals surface area contributed by atoms with Gasteiger partial charge in [0.15, 0.2) is 0 Å². The van der Waals surface area contributed by atoms with E-state index in [0.717, 1.165) is 11.4 Å². The minimum absolute atomic E-state index is 0.695. The summed E-state index contributed by atoms with van der Waals surface area (Å²) in [5.74, 6) is 5.13. The fraction of sp³-hybridized carbons (Fsp3) is 0. The summed E-state index contributed by atoms with van der Waals surface area (Å²) in [5.41, 5.74) is 1.81. The molecule has 0 saturated heterocycles. The van der Waals surface area contributed by atoms with Crippen LogP contribution < -0.4 is 5.84 Å². The maximum atomic E-state index is 6.09. The zero-order valence-electron chi connectivity index (χ0n) is 7.97. The van der Waals surface area contributed by atoms with Crippen LogP contribution in [0.3, 0.4) is 0 Å². The molecule has 0 aliphatic rings. The van der Waals surface area contributed by atoms with E-state index in [2.05, 4.69) is 5.10 Å². The number of hydrogen-bond acceptors (Lipinski definition) is 2. The van der Waals surface area contributed by atoms with Gasteiger partial charge in [0.25, 0.3) is 0 Å². The Labute approximate surface area is 92.8 Å². The Kier molecular flexibility index (Phi) is 2.74. The molecule has 0 unspecified atom stereocenters. The molecule has 0 amide bonds. The Bertz CT molecular complexity index is 488. The van der Waals surface area contributed by atoms with Gasteiger partial charge in [-0.15, -0.1) is 0 Å². The van der Waals surface area contributed by atoms with Crippen LogP contribution in [0.4, 0.5) is 0 Å². The molecule has 0 spiro atoms. The Morgan fingerprint density at radius 3 is 2.73 bits per heavy atom. The summed E-state index contributed by atoms with van der Waals surface area (Å²) in [7, 11) is 0. The molecular formula is C11H10ClN3. The highest BCUT2D eigenvalue weighted by Crippen LogP contribution is 2.21. The van der Waals surface area contributed by atoms with Crippen molar-refractivity contribution < 1.29 is 0 Å². The Morgan fingerprint density at radius 2 is 2.00 bits per heavy atom. The van der Waals surface area contributed by atoms with E-state index in [0.29, 0.717) is 5.02 Å². The highest BCUT2D eigenvalue weighted by molar-refractivity contribution is 6.32. The van der Waals surface area contributed by atoms with Gasteiger partial charge in [-0.05, 0) is 24.3 Å². The average Bonchev–Trinajstić information content (AvgIpc) is 2.67. The number of benzene rings is 1. The van der Waals surface area contributed by atoms with Crippen molar-refractivity contribution >= 4 is 17.8 Å². The summed E-state index contributed by atoms with van der Waals surface area (Å²) < 4.78 is 1.93. The van der Waals surface area contributed by atoms with Gasteiger partial charge in [-0.3, -0.25) is 0 Å². The molecule has 0 saturated carbocycles. The van der Waals surface area contributed by atoms with Gasteiger partial charge in [-0.2, -0.15) is 5.10 Å². The molecule has 0 aliphatic carbocycles. The lowest BCUT2D eigenvalue weighted by Crippen LogP contribution is -1.99. The van der Waals surface area contributed by atoms with E-state index in [4.69, 9.17) is 17.4 Å². The lowest BCUT2D eigenvalue weighted by Gasteiger charge is -2.07. The fourth-order valence-electron chi connectivity index (χ4n) is 1.44. The Morgan fingerprint density at radius 1 is 1.20 bits per heavy atom. The van der Waals surface area contributed by atoms with Crippen molar-refractivity contribution in [2.45, 2.75) is 0 Å². The molecule has 15 heavy (non-hydrogen) atoms. The van der Waals surface area contributed by atoms with E-state index in [1.165, 1.54) is 0 Å². The maximum absolute atomic E-state index is 6.09. The first-order chi connectivity index (χ1) is 7.33. The number of halogens is 1. The lowest BCUT2D eigenvalue weighted by molar-refractivity contribution is 1.06. The molecule has 0 fully saturated rings. The number of rotatable bonds is 2. The molecule has 76 valence electrons. The fourth-order valence-corrected chi connectivity index (χ4v) is 1.67. The van der Waals surface area contributed by atoms with Crippen molar-refractivity contribution in [2.24, 2.45) is 10.9 Å². The highest BCUT2D eigenvalue weighted by atomic mass is 35.5. The lowest BCUT2D eigenvalue weighted by atomic mass is 10.3. The second-order valence-corrected chi connectivity index (χ2v) is 3.44. The van der Waals surface area contributed by atoms with Gasteiger partial charge in [-0.25, -0.2) is 0 Å². The van der Waals surface area contributed by atoms with Gasteiger partial charge >= 0.3 is 0 Å². The molecule has 0 bridgehead atoms. The first kappa shape index (κ1) is 9.80. The van der Waals surface area contributed by atoms with Crippen LogP contribution in [0.15, 0.2) is 47.7 Å². The number of para-hydroxylation sites is 1. The molecule has 3 nitrogen and oxygen atoms in total. The second-order valence-electron chi connectivity index (χ2n) is 3.03. The maximum Gasteiger partial charge on any atom is 0.0706 e. The zero-order valence-corrected chi connectivity index (χ0v) is 8.72. The van der Waals surface area contributed by atoms with Crippen LogP contribution in [0.2, 0.25) is 5.02 Å². The van der Waals surface area contributed by atoms with Crippen molar-refractivity contribution in [3.8, 4) is 5.69 Å². The van der Waals surface area contributed by atoms with Crippen LogP contribution in [-0.4, -0.2) is 10.8 Å². The van der Waals surface area contributed by atoms with E-state index in [1.807, 2.05) is 47.2 Å². The number of hydrazone groups is 1. The van der Waals surface area contributed by atoms with Crippen LogP contribution in [0, 0.1) is 0 Å². The van der Waals surface area contributed by atoms with E-state index >= 15 is 0 Å². The molecule has 0 radical (unpaired) electrons. The van der Waals surface area contributed by atoms with Crippen LogP contribution in [0.1, 0.15) is 5.69 Å². The van der Waals surface area contributed by atoms with Crippen LogP contribution in [-0.2, 0) is 0 Å². The van der Waals surface area contributed by atoms with Gasteiger partial charge in [0.05, 0.1) is 22.6 Å². The van der Waals surface area contributed by atoms with Crippen LogP contribution >= 0.6 is 11.6 Å². The van der Waals surface area contributed by atoms with Crippen molar-refractivity contribution in [1.29, 1.82) is 0 Å². The third kappa shape index (κ3) is 1.87. The van der Waals surface area contributed by atoms with Gasteiger partial charge in [0.1, 0.15) is 0 Å². The van der Waals surface area contributed by atoms with E-state index in [9.17, 15) is 0 Å². The highest BCUT2D eigenvalue weighted by Gasteiger charge is 2.04. The summed E-state index contributed by atoms with van der Waals surface area (Å²) in [6, 6.07) is 11.5. The summed E-state index contributed by atoms with van der Waals surface area (Å²) in [4.78, 5) is 0. The van der Waals surface area contributed by atoms with Crippen molar-refractivity contribution in [1.82, 2.24) is 4.57 Å². The van der Waals surface area contributed by atoms with Crippen molar-refractivity contribution in [3.05, 3.63) is 53.3 Å². The standard InChI is InChI=1S/C11H10ClN3/c12-10-5-1-2-6-11(10)15-7-3-4-9(15)8-14-13/h1-8H,13H2/b14-8+. The van der Waals surface area contributed by atoms with Gasteiger partial charge < -0.3 is 10.4 Å². The third-order valence-electron chi connectivity index (χ3n) is 2.10. The third-order valence-corrected chi connectivity index (χ3v) is 2.42. The van der Waals surface area contributed by atoms with Crippen LogP contribution in [0.5, 0.6) is 0 Å². The molecule has 2 rings (SSSR count). The normalized spacial score (nSPS) is 11.0. The van der Waals surface area contributed by atoms with E-state index < -0.39 is 0 Å². The predicted octanol–water partition coefficient (Wildman–Crippen LogP) is 2.42. The Hall–Kier alpha value is -1.74. The number of hydrogen-bond donors (Lipinski definition) is 1. The molecule has 1 aromatic heterocycles. The van der Waals surface area contributed by atoms with Crippen LogP contribution in [0.25, 0.3) is 5.69 Å². The van der Waals surface area contributed by atoms with Gasteiger partial charge in [0.2, 0.25) is 0 Å². The Balaban J connectivity index is 2.54. The molecule has 1 heterocycles. The zero-order chi connectivity index (χ0) is 10.7. The SMILES string of the molecule is N/N=C/c1cccn1-c1ccccc1Cl. The average molecular weight is 220 g/mol. The second kappa shape index (κ2) is 4.19. The predicted molar refractivity (Wildman–Crippen MR) is 62.6 cm³/mol. The minimum Gasteiger partial charge on any atom is -0.323 e. The number of nitrogens with zero attached hydrogens (tertiary/aromatic N) is 2. The van der Waals surface area contributed by atoms with E-state index in [-0.39, 0.29) is 0 Å². The minimum atomic E-state index is 0.695. The number of nitrogens with two attached hydrogens (primary N) is 1. The van der Waals surface area contributed by atoms with Crippen molar-refractivity contribution in [2.75, 3.05) is 0 Å². The quantitative estimate of drug-likeness (QED) is 0.471. The topological polar surface area (TPSA) is 43.3 Å². The summed E-state index contributed by atoms with van der Waals surface area (Å²) in [5, 5.41) is 4.20. The first-order valence-corrected chi connectivity index (χ1v) is 4.86. The van der Waals surface area contributed by atoms with Crippen molar-refractivity contribution in [3.63, 3.8) is 0 Å². The number of aromatic nitrogens is 1. The molecule has 2 aromatic rings. The first-order valence-electron chi connectivity index (χ1n) is 4.48. The largest absolute Gasteiger partial charge is 0.323 e. The van der Waals surface area contributed by atoms with E-state index in [1.54, 1.807) is 6.21 Å². The summed E-state index contributed by atoms with van der Waals surface area (Å²) >= 11 is 6.09.